The van der Waals surface area contributed by atoms with Crippen molar-refractivity contribution in [3.8, 4) is 11.3 Å². The summed E-state index contributed by atoms with van der Waals surface area (Å²) < 4.78 is 31.6. The number of hydrogen-bond acceptors (Lipinski definition) is 5. The molecule has 1 heterocycles. The second kappa shape index (κ2) is 9.51. The topological polar surface area (TPSA) is 68.3 Å². The number of halogens is 4. The maximum atomic E-state index is 13.4. The summed E-state index contributed by atoms with van der Waals surface area (Å²) in [5, 5.41) is 5.03. The maximum Gasteiger partial charge on any atom is 0.311 e. The van der Waals surface area contributed by atoms with Gasteiger partial charge in [0.1, 0.15) is 0 Å². The Morgan fingerprint density at radius 2 is 1.90 bits per heavy atom. The molecule has 0 saturated carbocycles. The van der Waals surface area contributed by atoms with Crippen LogP contribution in [-0.2, 0) is 20.7 Å². The molecule has 2 aromatic carbocycles. The number of rotatable bonds is 6. The zero-order chi connectivity index (χ0) is 21.8. The molecule has 10 heteroatoms. The van der Waals surface area contributed by atoms with E-state index in [1.165, 1.54) is 13.0 Å². The Hall–Kier alpha value is -2.55. The third-order valence-electron chi connectivity index (χ3n) is 3.96. The Morgan fingerprint density at radius 3 is 2.60 bits per heavy atom. The Morgan fingerprint density at radius 1 is 1.13 bits per heavy atom. The van der Waals surface area contributed by atoms with Crippen molar-refractivity contribution in [2.75, 3.05) is 5.32 Å². The van der Waals surface area contributed by atoms with E-state index in [9.17, 15) is 18.4 Å². The molecule has 156 valence electrons. The number of hydrogen-bond donors (Lipinski definition) is 1. The quantitative estimate of drug-likeness (QED) is 0.482. The van der Waals surface area contributed by atoms with E-state index in [1.54, 1.807) is 23.6 Å². The van der Waals surface area contributed by atoms with Crippen LogP contribution in [0.4, 0.5) is 13.9 Å². The smallest absolute Gasteiger partial charge is 0.311 e. The molecular weight excluding hydrogens is 457 g/mol. The van der Waals surface area contributed by atoms with Gasteiger partial charge in [-0.05, 0) is 42.8 Å². The van der Waals surface area contributed by atoms with Crippen molar-refractivity contribution >= 4 is 51.5 Å². The number of benzene rings is 2. The second-order valence-electron chi connectivity index (χ2n) is 6.21. The van der Waals surface area contributed by atoms with Crippen LogP contribution in [0.15, 0.2) is 41.8 Å². The van der Waals surface area contributed by atoms with Crippen molar-refractivity contribution in [1.29, 1.82) is 0 Å². The SMILES string of the molecule is C[C@H](OC(=O)Cc1ccc(Cl)c(Cl)c1)C(=O)Nc1nc(-c2ccc(F)c(F)c2)cs1. The highest BCUT2D eigenvalue weighted by Gasteiger charge is 2.20. The fraction of sp³-hybridized carbons (Fsp3) is 0.150. The normalized spacial score (nSPS) is 11.8. The Kier molecular flexibility index (Phi) is 7.02. The lowest BCUT2D eigenvalue weighted by Crippen LogP contribution is -2.30. The average molecular weight is 471 g/mol. The minimum atomic E-state index is -1.07. The summed E-state index contributed by atoms with van der Waals surface area (Å²) in [6.45, 7) is 1.42. The summed E-state index contributed by atoms with van der Waals surface area (Å²) in [5.41, 5.74) is 1.34. The molecule has 0 aliphatic heterocycles. The van der Waals surface area contributed by atoms with Gasteiger partial charge in [0.15, 0.2) is 22.9 Å². The van der Waals surface area contributed by atoms with E-state index in [0.717, 1.165) is 23.5 Å². The number of aromatic nitrogens is 1. The van der Waals surface area contributed by atoms with Crippen molar-refractivity contribution in [2.45, 2.75) is 19.4 Å². The molecule has 3 rings (SSSR count). The number of anilines is 1. The molecule has 0 fully saturated rings. The first-order valence-corrected chi connectivity index (χ1v) is 10.2. The van der Waals surface area contributed by atoms with Crippen LogP contribution in [0.1, 0.15) is 12.5 Å². The predicted molar refractivity (Wildman–Crippen MR) is 112 cm³/mol. The van der Waals surface area contributed by atoms with Gasteiger partial charge in [0, 0.05) is 10.9 Å². The van der Waals surface area contributed by atoms with Gasteiger partial charge in [0.2, 0.25) is 0 Å². The largest absolute Gasteiger partial charge is 0.452 e. The average Bonchev–Trinajstić information content (AvgIpc) is 3.15. The molecule has 1 N–H and O–H groups in total. The lowest BCUT2D eigenvalue weighted by molar-refractivity contribution is -0.152. The third-order valence-corrected chi connectivity index (χ3v) is 5.46. The van der Waals surface area contributed by atoms with E-state index in [0.29, 0.717) is 26.9 Å². The molecule has 0 spiro atoms. The minimum Gasteiger partial charge on any atom is -0.452 e. The summed E-state index contributed by atoms with van der Waals surface area (Å²) in [6, 6.07) is 8.14. The molecule has 30 heavy (non-hydrogen) atoms. The summed E-state index contributed by atoms with van der Waals surface area (Å²) in [7, 11) is 0. The highest BCUT2D eigenvalue weighted by atomic mass is 35.5. The number of carbonyl (C=O) groups is 2. The number of thiazole rings is 1. The van der Waals surface area contributed by atoms with E-state index < -0.39 is 29.6 Å². The van der Waals surface area contributed by atoms with Crippen LogP contribution in [0, 0.1) is 11.6 Å². The van der Waals surface area contributed by atoms with E-state index in [2.05, 4.69) is 10.3 Å². The maximum absolute atomic E-state index is 13.4. The molecule has 0 saturated heterocycles. The molecule has 0 radical (unpaired) electrons. The summed E-state index contributed by atoms with van der Waals surface area (Å²) in [6.07, 6.45) is -1.15. The molecule has 0 bridgehead atoms. The van der Waals surface area contributed by atoms with Gasteiger partial charge in [-0.2, -0.15) is 0 Å². The van der Waals surface area contributed by atoms with Gasteiger partial charge in [-0.3, -0.25) is 14.9 Å². The second-order valence-corrected chi connectivity index (χ2v) is 7.89. The van der Waals surface area contributed by atoms with Gasteiger partial charge in [-0.1, -0.05) is 29.3 Å². The molecule has 0 unspecified atom stereocenters. The fourth-order valence-electron chi connectivity index (χ4n) is 2.43. The molecule has 3 aromatic rings. The number of nitrogens with one attached hydrogen (secondary N) is 1. The van der Waals surface area contributed by atoms with Crippen LogP contribution < -0.4 is 5.32 Å². The van der Waals surface area contributed by atoms with Crippen molar-refractivity contribution in [3.05, 3.63) is 69.0 Å². The molecular formula is C20H14Cl2F2N2O3S. The monoisotopic (exact) mass is 470 g/mol. The van der Waals surface area contributed by atoms with E-state index in [1.807, 2.05) is 0 Å². The zero-order valence-corrected chi connectivity index (χ0v) is 17.7. The fourth-order valence-corrected chi connectivity index (χ4v) is 3.48. The molecule has 1 atom stereocenters. The summed E-state index contributed by atoms with van der Waals surface area (Å²) >= 11 is 12.8. The zero-order valence-electron chi connectivity index (χ0n) is 15.4. The highest BCUT2D eigenvalue weighted by Crippen LogP contribution is 2.26. The molecule has 5 nitrogen and oxygen atoms in total. The van der Waals surface area contributed by atoms with Crippen molar-refractivity contribution < 1.29 is 23.1 Å². The van der Waals surface area contributed by atoms with Gasteiger partial charge in [-0.25, -0.2) is 13.8 Å². The third kappa shape index (κ3) is 5.53. The molecule has 0 aliphatic carbocycles. The van der Waals surface area contributed by atoms with Gasteiger partial charge in [0.05, 0.1) is 22.2 Å². The predicted octanol–water partition coefficient (Wildman–Crippen LogP) is 5.51. The minimum absolute atomic E-state index is 0.0773. The summed E-state index contributed by atoms with van der Waals surface area (Å²) in [5.74, 6) is -3.14. The lowest BCUT2D eigenvalue weighted by Gasteiger charge is -2.12. The van der Waals surface area contributed by atoms with Gasteiger partial charge < -0.3 is 4.74 Å². The van der Waals surface area contributed by atoms with E-state index >= 15 is 0 Å². The number of carbonyl (C=O) groups excluding carboxylic acids is 2. The summed E-state index contributed by atoms with van der Waals surface area (Å²) in [4.78, 5) is 28.5. The first-order chi connectivity index (χ1) is 14.2. The number of amides is 1. The van der Waals surface area contributed by atoms with Crippen LogP contribution in [0.3, 0.4) is 0 Å². The number of ether oxygens (including phenoxy) is 1. The Labute approximate surface area is 184 Å². The van der Waals surface area contributed by atoms with E-state index in [4.69, 9.17) is 27.9 Å². The first-order valence-electron chi connectivity index (χ1n) is 8.58. The van der Waals surface area contributed by atoms with Crippen molar-refractivity contribution in [2.24, 2.45) is 0 Å². The van der Waals surface area contributed by atoms with Crippen LogP contribution in [0.25, 0.3) is 11.3 Å². The lowest BCUT2D eigenvalue weighted by atomic mass is 10.1. The number of nitrogens with zero attached hydrogens (tertiary/aromatic N) is 1. The van der Waals surface area contributed by atoms with Gasteiger partial charge >= 0.3 is 5.97 Å². The standard InChI is InChI=1S/C20H14Cl2F2N2O3S/c1-10(29-18(27)7-11-2-4-13(21)14(22)6-11)19(28)26-20-25-17(9-30-20)12-3-5-15(23)16(24)8-12/h2-6,8-10H,7H2,1H3,(H,25,26,28)/t10-/m0/s1. The van der Waals surface area contributed by atoms with Crippen LogP contribution >= 0.6 is 34.5 Å². The molecule has 1 amide bonds. The Balaban J connectivity index is 1.57. The van der Waals surface area contributed by atoms with Crippen LogP contribution in [0.2, 0.25) is 10.0 Å². The van der Waals surface area contributed by atoms with Gasteiger partial charge in [-0.15, -0.1) is 11.3 Å². The molecule has 1 aromatic heterocycles. The highest BCUT2D eigenvalue weighted by molar-refractivity contribution is 7.14. The first kappa shape index (κ1) is 22.1. The van der Waals surface area contributed by atoms with Crippen molar-refractivity contribution in [3.63, 3.8) is 0 Å². The van der Waals surface area contributed by atoms with Crippen LogP contribution in [0.5, 0.6) is 0 Å². The molecule has 0 aliphatic rings. The Bertz CT molecular complexity index is 1110. The van der Waals surface area contributed by atoms with E-state index in [-0.39, 0.29) is 11.6 Å². The van der Waals surface area contributed by atoms with Gasteiger partial charge in [0.25, 0.3) is 5.91 Å². The van der Waals surface area contributed by atoms with Crippen LogP contribution in [-0.4, -0.2) is 23.0 Å². The van der Waals surface area contributed by atoms with Crippen molar-refractivity contribution in [1.82, 2.24) is 4.98 Å². The number of esters is 1.